The molecular weight excluding hydrogens is 726 g/mol. The second-order valence-corrected chi connectivity index (χ2v) is 16.8. The first-order valence-electron chi connectivity index (χ1n) is 17.6. The van der Waals surface area contributed by atoms with Crippen molar-refractivity contribution in [1.29, 1.82) is 0 Å². The van der Waals surface area contributed by atoms with Crippen molar-refractivity contribution in [3.05, 3.63) is 204 Å². The minimum atomic E-state index is -1.04. The number of hydrogen-bond donors (Lipinski definition) is 0. The predicted molar refractivity (Wildman–Crippen MR) is 236 cm³/mol. The Morgan fingerprint density at radius 3 is 0.849 bits per heavy atom. The van der Waals surface area contributed by atoms with Gasteiger partial charge < -0.3 is 10.8 Å². The fourth-order valence-electron chi connectivity index (χ4n) is 5.88. The number of hydrogen-bond acceptors (Lipinski definition) is 2. The normalized spacial score (nSPS) is 11.8. The Labute approximate surface area is 329 Å². The maximum Gasteiger partial charge on any atom is 2.00 e. The Balaban J connectivity index is 0.00000101. The van der Waals surface area contributed by atoms with Gasteiger partial charge in [-0.1, -0.05) is 147 Å². The fraction of sp³-hybridized carbons (Fsp3) is 0.130. The van der Waals surface area contributed by atoms with Crippen molar-refractivity contribution in [3.63, 3.8) is 0 Å². The summed E-state index contributed by atoms with van der Waals surface area (Å²) in [5.41, 5.74) is 2.35. The van der Waals surface area contributed by atoms with Gasteiger partial charge >= 0.3 is 17.1 Å². The van der Waals surface area contributed by atoms with Gasteiger partial charge in [-0.15, -0.1) is 0 Å². The van der Waals surface area contributed by atoms with Gasteiger partial charge in [0.2, 0.25) is 0 Å². The minimum absolute atomic E-state index is 0. The summed E-state index contributed by atoms with van der Waals surface area (Å²) < 4.78 is 0. The van der Waals surface area contributed by atoms with Gasteiger partial charge in [-0.3, -0.25) is 9.98 Å². The summed E-state index contributed by atoms with van der Waals surface area (Å²) in [7, 11) is -2.08. The zero-order valence-electron chi connectivity index (χ0n) is 30.3. The van der Waals surface area contributed by atoms with E-state index < -0.39 is 15.8 Å². The molecule has 0 aliphatic heterocycles. The van der Waals surface area contributed by atoms with Gasteiger partial charge in [0.05, 0.1) is 37.1 Å². The number of aliphatic imine (C=N–C) groups is 2. The van der Waals surface area contributed by atoms with Crippen molar-refractivity contribution >= 4 is 61.9 Å². The average Bonchev–Trinajstić information content (AvgIpc) is 3.21. The molecule has 0 fully saturated rings. The molecule has 0 saturated carbocycles. The summed E-state index contributed by atoms with van der Waals surface area (Å²) in [6.45, 7) is 3.11. The molecule has 0 N–H and O–H groups in total. The molecule has 0 saturated heterocycles. The third-order valence-electron chi connectivity index (χ3n) is 8.19. The van der Waals surface area contributed by atoms with Crippen LogP contribution < -0.4 is 21.2 Å². The molecule has 6 aromatic carbocycles. The van der Waals surface area contributed by atoms with Crippen molar-refractivity contribution < 1.29 is 17.1 Å². The van der Waals surface area contributed by atoms with Crippen molar-refractivity contribution in [2.75, 3.05) is 12.3 Å². The van der Waals surface area contributed by atoms with Gasteiger partial charge in [0.15, 0.2) is 0 Å². The molecular formula is C46H48FeN4P2+2. The largest absolute Gasteiger partial charge is 2.00 e. The summed E-state index contributed by atoms with van der Waals surface area (Å²) in [4.78, 5) is 10.7. The van der Waals surface area contributed by atoms with Gasteiger partial charge in [0, 0.05) is 12.4 Å². The Bertz CT molecular complexity index is 1670. The van der Waals surface area contributed by atoms with E-state index >= 15 is 0 Å². The molecule has 6 rings (SSSR count). The molecule has 0 aromatic heterocycles. The van der Waals surface area contributed by atoms with E-state index in [2.05, 4.69) is 194 Å². The minimum Gasteiger partial charge on any atom is -0.814 e. The smallest absolute Gasteiger partial charge is 0.814 e. The molecule has 0 heterocycles. The molecule has 4 nitrogen and oxygen atoms in total. The number of nitrogens with zero attached hydrogens (tertiary/aromatic N) is 4. The molecule has 53 heavy (non-hydrogen) atoms. The van der Waals surface area contributed by atoms with Crippen LogP contribution in [0.4, 0.5) is 0 Å². The predicted octanol–water partition coefficient (Wildman–Crippen LogP) is 9.63. The summed E-state index contributed by atoms with van der Waals surface area (Å²) in [5, 5.41) is 20.5. The fourth-order valence-corrected chi connectivity index (χ4v) is 10.4. The van der Waals surface area contributed by atoms with Crippen LogP contribution in [0.25, 0.3) is 10.8 Å². The van der Waals surface area contributed by atoms with Crippen LogP contribution in [-0.4, -0.2) is 37.2 Å². The standard InChI is InChI=1S/C42H38N2P2.2C2H4N.Fe/c1-7-19-35(20-8-1)41(43-31-33-45(37-23-11-3-12-24-37)38-25-13-4-14-26-38)42(36-21-9-2-10-22-36)44-32-34-46(39-27-15-5-16-28-39)40-29-17-6-18-30-40;2*1-2-3;/h1-32,41-42H,33-34H2;2*2H,1H3;/q;2*-1;+2/p+2/t41-,42?;;;/m1.../s1. The summed E-state index contributed by atoms with van der Waals surface area (Å²) >= 11 is 0. The van der Waals surface area contributed by atoms with E-state index in [0.29, 0.717) is 0 Å². The molecule has 0 bridgehead atoms. The van der Waals surface area contributed by atoms with Gasteiger partial charge in [-0.2, -0.15) is 0 Å². The second-order valence-electron chi connectivity index (χ2n) is 11.7. The molecule has 2 atom stereocenters. The quantitative estimate of drug-likeness (QED) is 0.0638. The van der Waals surface area contributed by atoms with Crippen LogP contribution in [0.15, 0.2) is 192 Å². The van der Waals surface area contributed by atoms with Crippen molar-refractivity contribution in [1.82, 2.24) is 0 Å². The van der Waals surface area contributed by atoms with Crippen molar-refractivity contribution in [2.24, 2.45) is 9.98 Å². The first-order valence-corrected chi connectivity index (χ1v) is 21.0. The first kappa shape index (κ1) is 42.8. The molecule has 0 radical (unpaired) electrons. The topological polar surface area (TPSA) is 69.3 Å². The van der Waals surface area contributed by atoms with Crippen LogP contribution in [0.5, 0.6) is 0 Å². The van der Waals surface area contributed by atoms with Crippen LogP contribution in [-0.2, 0) is 17.1 Å². The zero-order valence-corrected chi connectivity index (χ0v) is 33.4. The van der Waals surface area contributed by atoms with Crippen molar-refractivity contribution in [3.8, 4) is 0 Å². The van der Waals surface area contributed by atoms with Gasteiger partial charge in [0.1, 0.15) is 24.4 Å². The van der Waals surface area contributed by atoms with E-state index in [4.69, 9.17) is 20.8 Å². The van der Waals surface area contributed by atoms with E-state index in [1.54, 1.807) is 13.8 Å². The molecule has 0 aliphatic carbocycles. The second kappa shape index (κ2) is 25.4. The summed E-state index contributed by atoms with van der Waals surface area (Å²) in [5.74, 6) is 0. The Hall–Kier alpha value is -4.62. The summed E-state index contributed by atoms with van der Waals surface area (Å²) in [6.07, 6.45) is 8.17. The molecule has 6 aromatic rings. The monoisotopic (exact) mass is 774 g/mol. The van der Waals surface area contributed by atoms with Crippen LogP contribution in [0.1, 0.15) is 37.1 Å². The third kappa shape index (κ3) is 14.0. The average molecular weight is 775 g/mol. The SMILES string of the molecule is C(C[PH+](c1ccccc1)c1ccccc1)=NC(c1ccccc1)[C@H](N=CC[PH+](c1ccccc1)c1ccccc1)c1ccccc1.CC=[N-].CC=[N-].[Fe+2]. The molecule has 1 unspecified atom stereocenters. The molecule has 0 amide bonds. The molecule has 7 heteroatoms. The molecule has 0 aliphatic rings. The number of rotatable bonds is 13. The number of benzene rings is 6. The Morgan fingerprint density at radius 1 is 0.415 bits per heavy atom. The van der Waals surface area contributed by atoms with E-state index in [1.807, 2.05) is 0 Å². The van der Waals surface area contributed by atoms with Crippen molar-refractivity contribution in [2.45, 2.75) is 25.9 Å². The Kier molecular flexibility index (Phi) is 20.5. The molecule has 0 spiro atoms. The Morgan fingerprint density at radius 2 is 0.623 bits per heavy atom. The first-order chi connectivity index (χ1) is 25.7. The summed E-state index contributed by atoms with van der Waals surface area (Å²) in [6, 6.07) is 64.7. The van der Waals surface area contributed by atoms with Crippen LogP contribution >= 0.6 is 15.8 Å². The molecule has 268 valence electrons. The maximum absolute atomic E-state index is 7.44. The zero-order chi connectivity index (χ0) is 36.6. The van der Waals surface area contributed by atoms with Gasteiger partial charge in [-0.25, -0.2) is 12.4 Å². The van der Waals surface area contributed by atoms with Crippen LogP contribution in [0, 0.1) is 0 Å². The van der Waals surface area contributed by atoms with Gasteiger partial charge in [0.25, 0.3) is 0 Å². The van der Waals surface area contributed by atoms with E-state index in [0.717, 1.165) is 24.8 Å². The van der Waals surface area contributed by atoms with E-state index in [-0.39, 0.29) is 29.2 Å². The van der Waals surface area contributed by atoms with E-state index in [1.165, 1.54) is 32.3 Å². The van der Waals surface area contributed by atoms with Crippen LogP contribution in [0.3, 0.4) is 0 Å². The maximum atomic E-state index is 7.44. The van der Waals surface area contributed by atoms with Crippen LogP contribution in [0.2, 0.25) is 0 Å². The third-order valence-corrected chi connectivity index (χ3v) is 13.5. The van der Waals surface area contributed by atoms with E-state index in [9.17, 15) is 0 Å². The van der Waals surface area contributed by atoms with Gasteiger partial charge in [-0.05, 0) is 59.7 Å².